The molecule has 2 unspecified atom stereocenters. The van der Waals surface area contributed by atoms with E-state index < -0.39 is 92.7 Å². The number of benzene rings is 4. The van der Waals surface area contributed by atoms with E-state index >= 15 is 0 Å². The molecule has 528 valence electrons. The summed E-state index contributed by atoms with van der Waals surface area (Å²) in [5.41, 5.74) is 0.172. The van der Waals surface area contributed by atoms with E-state index in [9.17, 15) is 74.8 Å². The summed E-state index contributed by atoms with van der Waals surface area (Å²) in [6.45, 7) is 8.31. The number of anilines is 1. The molecule has 4 aromatic rings. The average molecular weight is 1430 g/mol. The predicted molar refractivity (Wildman–Crippen MR) is 349 cm³/mol. The Kier molecular flexibility index (Phi) is 29.6. The van der Waals surface area contributed by atoms with E-state index in [1.165, 1.54) is 12.1 Å². The molecule has 2 heterocycles. The van der Waals surface area contributed by atoms with Crippen molar-refractivity contribution in [2.24, 2.45) is 0 Å². The first-order chi connectivity index (χ1) is 44.9. The first kappa shape index (κ1) is 78.5. The number of nitrogens with zero attached hydrogens (tertiary/aromatic N) is 2. The Labute approximate surface area is 554 Å². The second-order valence-corrected chi connectivity index (χ2v) is 29.6. The van der Waals surface area contributed by atoms with Crippen molar-refractivity contribution in [2.75, 3.05) is 144 Å². The molecule has 0 aliphatic carbocycles. The Balaban J connectivity index is 1.41. The van der Waals surface area contributed by atoms with E-state index in [0.29, 0.717) is 118 Å². The van der Waals surface area contributed by atoms with Crippen molar-refractivity contribution in [3.63, 3.8) is 0 Å². The van der Waals surface area contributed by atoms with E-state index in [0.717, 1.165) is 12.1 Å². The van der Waals surface area contributed by atoms with Gasteiger partial charge in [-0.25, -0.2) is 8.42 Å². The molecule has 0 saturated carbocycles. The lowest BCUT2D eigenvalue weighted by atomic mass is 9.74. The third-order valence-electron chi connectivity index (χ3n) is 15.9. The van der Waals surface area contributed by atoms with Gasteiger partial charge in [-0.15, -0.1) is 0 Å². The van der Waals surface area contributed by atoms with Crippen molar-refractivity contribution in [1.29, 1.82) is 0 Å². The SMILES string of the molecule is COCCOCCOCCOCCOCC[N+]1=C(/C=C/C=C/C=C/C=C2/N(CCCCCC(=O)O)c3ccc4c(S(=O)(=O)[O-])cc(S(=O)(=O)O)cc4c3C2(C)CCOCCOCCOCCOC)C(C)(CCCS(=O)(=O)O)c2c1ccc1c(S(=O)(=O)O)cc(S(=O)(=O)O)cc21. The maximum atomic E-state index is 12.9. The fourth-order valence-electron chi connectivity index (χ4n) is 11.5. The maximum Gasteiger partial charge on any atom is 0.303 e. The van der Waals surface area contributed by atoms with Crippen molar-refractivity contribution >= 4 is 95.2 Å². The van der Waals surface area contributed by atoms with E-state index in [1.54, 1.807) is 75.8 Å². The number of hydrogen-bond donors (Lipinski definition) is 5. The van der Waals surface area contributed by atoms with Gasteiger partial charge in [0.2, 0.25) is 5.69 Å². The smallest absolute Gasteiger partial charge is 0.303 e. The van der Waals surface area contributed by atoms with E-state index in [1.807, 2.05) is 16.4 Å². The Morgan fingerprint density at radius 2 is 1.01 bits per heavy atom. The van der Waals surface area contributed by atoms with Crippen molar-refractivity contribution < 1.29 is 122 Å². The lowest BCUT2D eigenvalue weighted by Gasteiger charge is -2.31. The molecule has 33 heteroatoms. The van der Waals surface area contributed by atoms with Gasteiger partial charge in [0, 0.05) is 73.7 Å². The normalized spacial score (nSPS) is 17.7. The molecule has 0 fully saturated rings. The van der Waals surface area contributed by atoms with Gasteiger partial charge in [0.15, 0.2) is 12.3 Å². The van der Waals surface area contributed by atoms with Gasteiger partial charge in [-0.2, -0.15) is 38.2 Å². The summed E-state index contributed by atoms with van der Waals surface area (Å²) >= 11 is 0. The second kappa shape index (κ2) is 35.8. The van der Waals surface area contributed by atoms with Crippen LogP contribution in [0.4, 0.5) is 11.4 Å². The van der Waals surface area contributed by atoms with Crippen LogP contribution in [-0.4, -0.2) is 225 Å². The third kappa shape index (κ3) is 22.2. The lowest BCUT2D eigenvalue weighted by molar-refractivity contribution is -0.442. The molecule has 0 aromatic heterocycles. The molecule has 6 rings (SSSR count). The lowest BCUT2D eigenvalue weighted by Crippen LogP contribution is -2.33. The van der Waals surface area contributed by atoms with Gasteiger partial charge in [0.25, 0.3) is 40.5 Å². The number of carboxylic acid groups (broad SMARTS) is 1. The van der Waals surface area contributed by atoms with Gasteiger partial charge in [-0.3, -0.25) is 23.0 Å². The van der Waals surface area contributed by atoms with Crippen LogP contribution in [0.25, 0.3) is 21.5 Å². The Hall–Kier alpha value is -5.51. The molecule has 0 saturated heterocycles. The number of allylic oxidation sites excluding steroid dienone is 8. The monoisotopic (exact) mass is 1430 g/mol. The molecule has 0 spiro atoms. The number of carboxylic acids is 1. The molecular formula is C62H84N2O26S5. The van der Waals surface area contributed by atoms with Gasteiger partial charge in [0.1, 0.15) is 21.6 Å². The predicted octanol–water partition coefficient (Wildman–Crippen LogP) is 6.44. The number of ether oxygens (including phenoxy) is 9. The Bertz CT molecular complexity index is 4060. The van der Waals surface area contributed by atoms with E-state index in [2.05, 4.69) is 0 Å². The summed E-state index contributed by atoms with van der Waals surface area (Å²) in [4.78, 5) is 10.0. The molecule has 0 amide bonds. The number of methoxy groups -OCH3 is 2. The van der Waals surface area contributed by atoms with Gasteiger partial charge in [-0.1, -0.05) is 42.9 Å². The summed E-state index contributed by atoms with van der Waals surface area (Å²) < 4.78 is 232. The number of unbranched alkanes of at least 4 members (excludes halogenated alkanes) is 2. The molecule has 0 radical (unpaired) electrons. The highest BCUT2D eigenvalue weighted by molar-refractivity contribution is 7.87. The molecule has 5 N–H and O–H groups in total. The minimum absolute atomic E-state index is 0.0214. The standard InChI is InChI=1S/C62H84N2O26S5/c1-61(21-13-41-91(67,68)69)56(64(24-26-85-32-34-89-39-40-90-38-36-87-30-28-83-4)53-20-18-48-50(59(53)61)42-46(92(70,71)72)44-54(48)94(76,77)78)14-9-6-5-7-10-15-57-62(2,22-25-84-31-33-88-37-35-86-29-27-82-3)60-51-43-47(93(73,74)75)45-55(95(79,80)81)49(51)17-19-52(60)63(57)23-12-8-11-16-58(65)66/h5-7,9-10,14-15,17-20,42-45H,8,11-13,16,21-41H2,1-4H3,(H5-,65,66,67,68,69,70,71,72,73,74,75,76,77,78,79,80,81). The van der Waals surface area contributed by atoms with Crippen LogP contribution in [0.5, 0.6) is 0 Å². The molecule has 95 heavy (non-hydrogen) atoms. The minimum Gasteiger partial charge on any atom is -0.744 e. The van der Waals surface area contributed by atoms with Crippen LogP contribution in [0.3, 0.4) is 0 Å². The Morgan fingerprint density at radius 1 is 0.526 bits per heavy atom. The van der Waals surface area contributed by atoms with Gasteiger partial charge < -0.3 is 57.2 Å². The second-order valence-electron chi connectivity index (χ2n) is 22.5. The molecule has 4 aromatic carbocycles. The summed E-state index contributed by atoms with van der Waals surface area (Å²) in [5, 5.41) is 9.20. The Morgan fingerprint density at radius 3 is 1.53 bits per heavy atom. The number of fused-ring (bicyclic) bond motifs is 6. The average Bonchev–Trinajstić information content (AvgIpc) is 1.60. The van der Waals surface area contributed by atoms with Gasteiger partial charge >= 0.3 is 5.97 Å². The van der Waals surface area contributed by atoms with Crippen molar-refractivity contribution in [3.8, 4) is 0 Å². The topological polar surface area (TPSA) is 401 Å². The zero-order valence-corrected chi connectivity index (χ0v) is 57.4. The highest BCUT2D eigenvalue weighted by atomic mass is 32.2. The minimum atomic E-state index is -5.35. The summed E-state index contributed by atoms with van der Waals surface area (Å²) in [6.07, 6.45) is 13.0. The molecular weight excluding hydrogens is 1350 g/mol. The maximum absolute atomic E-state index is 12.9. The van der Waals surface area contributed by atoms with Crippen LogP contribution in [0.2, 0.25) is 0 Å². The zero-order valence-electron chi connectivity index (χ0n) is 53.3. The van der Waals surface area contributed by atoms with Crippen LogP contribution in [-0.2, 0) is 109 Å². The van der Waals surface area contributed by atoms with Gasteiger partial charge in [-0.05, 0) is 110 Å². The highest BCUT2D eigenvalue weighted by Crippen LogP contribution is 2.54. The number of rotatable bonds is 45. The van der Waals surface area contributed by atoms with E-state index in [4.69, 9.17) is 42.6 Å². The van der Waals surface area contributed by atoms with Crippen molar-refractivity contribution in [2.45, 2.75) is 89.2 Å². The fourth-order valence-corrected chi connectivity index (χ4v) is 14.7. The van der Waals surface area contributed by atoms with Gasteiger partial charge in [0.05, 0.1) is 118 Å². The van der Waals surface area contributed by atoms with Crippen LogP contribution < -0.4 is 4.90 Å². The zero-order chi connectivity index (χ0) is 69.7. The summed E-state index contributed by atoms with van der Waals surface area (Å²) in [6, 6.07) is 9.32. The van der Waals surface area contributed by atoms with Crippen molar-refractivity contribution in [3.05, 3.63) is 108 Å². The summed E-state index contributed by atoms with van der Waals surface area (Å²) in [5.74, 6) is -1.67. The molecule has 0 bridgehead atoms. The first-order valence-corrected chi connectivity index (χ1v) is 37.7. The van der Waals surface area contributed by atoms with Crippen LogP contribution in [0.1, 0.15) is 69.9 Å². The number of hydrogen-bond acceptors (Lipinski definition) is 22. The van der Waals surface area contributed by atoms with Crippen molar-refractivity contribution in [1.82, 2.24) is 0 Å². The largest absolute Gasteiger partial charge is 0.744 e. The molecule has 2 atom stereocenters. The molecule has 2 aliphatic heterocycles. The first-order valence-electron chi connectivity index (χ1n) is 30.3. The summed E-state index contributed by atoms with van der Waals surface area (Å²) in [7, 11) is -22.1. The third-order valence-corrected chi connectivity index (χ3v) is 20.1. The van der Waals surface area contributed by atoms with Crippen LogP contribution in [0.15, 0.2) is 116 Å². The van der Waals surface area contributed by atoms with Crippen LogP contribution in [0, 0.1) is 0 Å². The molecule has 28 nitrogen and oxygen atoms in total. The fraction of sp³-hybridized carbons (Fsp3) is 0.516. The van der Waals surface area contributed by atoms with E-state index in [-0.39, 0.29) is 113 Å². The number of aliphatic carboxylic acids is 1. The highest BCUT2D eigenvalue weighted by Gasteiger charge is 2.49. The number of carbonyl (C=O) groups is 1. The molecule has 2 aliphatic rings. The van der Waals surface area contributed by atoms with Crippen LogP contribution >= 0.6 is 0 Å². The quantitative estimate of drug-likeness (QED) is 0.0138.